The molecule has 0 aliphatic carbocycles. The summed E-state index contributed by atoms with van der Waals surface area (Å²) in [4.78, 5) is 15.7. The first-order chi connectivity index (χ1) is 9.27. The molecular formula is C13H22N4O2. The highest BCUT2D eigenvalue weighted by molar-refractivity contribution is 5.92. The number of carbonyl (C=O) groups excluding carboxylic acids is 1. The van der Waals surface area contributed by atoms with E-state index in [1.54, 1.807) is 17.1 Å². The van der Waals surface area contributed by atoms with Crippen molar-refractivity contribution < 1.29 is 9.53 Å². The number of nitrogens with zero attached hydrogens (tertiary/aromatic N) is 2. The molecule has 6 heteroatoms. The number of ether oxygens (including phenoxy) is 1. The Morgan fingerprint density at radius 2 is 2.37 bits per heavy atom. The van der Waals surface area contributed by atoms with Gasteiger partial charge in [0, 0.05) is 20.2 Å². The largest absolute Gasteiger partial charge is 0.378 e. The van der Waals surface area contributed by atoms with Gasteiger partial charge in [-0.2, -0.15) is 0 Å². The van der Waals surface area contributed by atoms with Gasteiger partial charge in [0.15, 0.2) is 0 Å². The molecule has 1 aliphatic heterocycles. The molecule has 19 heavy (non-hydrogen) atoms. The highest BCUT2D eigenvalue weighted by Gasteiger charge is 2.13. The SMILES string of the molecule is Cn1cncc1C(=O)NCCCOC1CCNCC1. The van der Waals surface area contributed by atoms with E-state index in [2.05, 4.69) is 15.6 Å². The fraction of sp³-hybridized carbons (Fsp3) is 0.692. The molecule has 0 aromatic carbocycles. The Bertz CT molecular complexity index is 399. The van der Waals surface area contributed by atoms with E-state index in [-0.39, 0.29) is 5.91 Å². The third kappa shape index (κ3) is 4.33. The van der Waals surface area contributed by atoms with Gasteiger partial charge < -0.3 is 19.9 Å². The van der Waals surface area contributed by atoms with Crippen molar-refractivity contribution in [3.05, 3.63) is 18.2 Å². The molecule has 0 atom stereocenters. The second-order valence-electron chi connectivity index (χ2n) is 4.82. The standard InChI is InChI=1S/C13H22N4O2/c1-17-10-15-9-12(17)13(18)16-5-2-8-19-11-3-6-14-7-4-11/h9-11,14H,2-8H2,1H3,(H,16,18). The third-order valence-corrected chi connectivity index (χ3v) is 3.30. The topological polar surface area (TPSA) is 68.2 Å². The Hall–Kier alpha value is -1.40. The van der Waals surface area contributed by atoms with Crippen molar-refractivity contribution in [2.24, 2.45) is 7.05 Å². The van der Waals surface area contributed by atoms with E-state index < -0.39 is 0 Å². The van der Waals surface area contributed by atoms with Crippen LogP contribution in [-0.2, 0) is 11.8 Å². The van der Waals surface area contributed by atoms with Crippen LogP contribution < -0.4 is 10.6 Å². The van der Waals surface area contributed by atoms with Crippen LogP contribution in [0.5, 0.6) is 0 Å². The van der Waals surface area contributed by atoms with Crippen LogP contribution in [0.2, 0.25) is 0 Å². The molecule has 2 heterocycles. The predicted molar refractivity (Wildman–Crippen MR) is 72.0 cm³/mol. The smallest absolute Gasteiger partial charge is 0.269 e. The van der Waals surface area contributed by atoms with Gasteiger partial charge in [-0.1, -0.05) is 0 Å². The fourth-order valence-electron chi connectivity index (χ4n) is 2.15. The molecular weight excluding hydrogens is 244 g/mol. The summed E-state index contributed by atoms with van der Waals surface area (Å²) in [5.41, 5.74) is 0.583. The van der Waals surface area contributed by atoms with Crippen LogP contribution in [0, 0.1) is 0 Å². The number of nitrogens with one attached hydrogen (secondary N) is 2. The van der Waals surface area contributed by atoms with Gasteiger partial charge in [0.05, 0.1) is 18.6 Å². The molecule has 0 spiro atoms. The molecule has 1 fully saturated rings. The van der Waals surface area contributed by atoms with Crippen molar-refractivity contribution in [3.63, 3.8) is 0 Å². The lowest BCUT2D eigenvalue weighted by Gasteiger charge is -2.22. The maximum absolute atomic E-state index is 11.8. The summed E-state index contributed by atoms with van der Waals surface area (Å²) < 4.78 is 7.48. The van der Waals surface area contributed by atoms with Crippen molar-refractivity contribution >= 4 is 5.91 Å². The van der Waals surface area contributed by atoms with Crippen LogP contribution in [0.3, 0.4) is 0 Å². The number of amides is 1. The minimum atomic E-state index is -0.0816. The molecule has 0 unspecified atom stereocenters. The van der Waals surface area contributed by atoms with E-state index in [4.69, 9.17) is 4.74 Å². The monoisotopic (exact) mass is 266 g/mol. The average Bonchev–Trinajstić information content (AvgIpc) is 2.86. The number of aryl methyl sites for hydroxylation is 1. The predicted octanol–water partition coefficient (Wildman–Crippen LogP) is 0.309. The number of aromatic nitrogens is 2. The highest BCUT2D eigenvalue weighted by atomic mass is 16.5. The molecule has 1 saturated heterocycles. The maximum atomic E-state index is 11.8. The third-order valence-electron chi connectivity index (χ3n) is 3.30. The Kier molecular flexibility index (Phi) is 5.35. The number of rotatable bonds is 6. The molecule has 0 radical (unpaired) electrons. The number of hydrogen-bond donors (Lipinski definition) is 2. The summed E-state index contributed by atoms with van der Waals surface area (Å²) >= 11 is 0. The molecule has 0 bridgehead atoms. The molecule has 2 rings (SSSR count). The zero-order valence-electron chi connectivity index (χ0n) is 11.4. The van der Waals surface area contributed by atoms with Gasteiger partial charge in [-0.15, -0.1) is 0 Å². The molecule has 6 nitrogen and oxygen atoms in total. The first-order valence-electron chi connectivity index (χ1n) is 6.84. The summed E-state index contributed by atoms with van der Waals surface area (Å²) in [5.74, 6) is -0.0816. The van der Waals surface area contributed by atoms with Gasteiger partial charge in [0.2, 0.25) is 0 Å². The number of piperidine rings is 1. The van der Waals surface area contributed by atoms with Gasteiger partial charge >= 0.3 is 0 Å². The minimum Gasteiger partial charge on any atom is -0.378 e. The maximum Gasteiger partial charge on any atom is 0.269 e. The van der Waals surface area contributed by atoms with E-state index in [1.165, 1.54) is 0 Å². The molecule has 1 amide bonds. The molecule has 106 valence electrons. The molecule has 2 N–H and O–H groups in total. The van der Waals surface area contributed by atoms with Crippen molar-refractivity contribution in [1.82, 2.24) is 20.2 Å². The van der Waals surface area contributed by atoms with Crippen LogP contribution in [0.15, 0.2) is 12.5 Å². The average molecular weight is 266 g/mol. The Morgan fingerprint density at radius 3 is 3.05 bits per heavy atom. The fourth-order valence-corrected chi connectivity index (χ4v) is 2.15. The normalized spacial score (nSPS) is 16.5. The Labute approximate surface area is 113 Å². The summed E-state index contributed by atoms with van der Waals surface area (Å²) in [5, 5.41) is 6.18. The summed E-state index contributed by atoms with van der Waals surface area (Å²) in [6.07, 6.45) is 6.58. The quantitative estimate of drug-likeness (QED) is 0.727. The van der Waals surface area contributed by atoms with Crippen LogP contribution in [0.1, 0.15) is 29.8 Å². The Balaban J connectivity index is 1.56. The van der Waals surface area contributed by atoms with Gasteiger partial charge in [-0.3, -0.25) is 4.79 Å². The zero-order valence-corrected chi connectivity index (χ0v) is 11.4. The number of carbonyl (C=O) groups is 1. The van der Waals surface area contributed by atoms with Crippen molar-refractivity contribution in [1.29, 1.82) is 0 Å². The van der Waals surface area contributed by atoms with E-state index >= 15 is 0 Å². The first-order valence-corrected chi connectivity index (χ1v) is 6.84. The molecule has 1 aliphatic rings. The zero-order chi connectivity index (χ0) is 13.5. The van der Waals surface area contributed by atoms with Crippen LogP contribution in [0.25, 0.3) is 0 Å². The first kappa shape index (κ1) is 14.0. The van der Waals surface area contributed by atoms with Crippen LogP contribution in [0.4, 0.5) is 0 Å². The van der Waals surface area contributed by atoms with Gasteiger partial charge in [-0.05, 0) is 32.4 Å². The van der Waals surface area contributed by atoms with Crippen molar-refractivity contribution in [2.45, 2.75) is 25.4 Å². The van der Waals surface area contributed by atoms with E-state index in [0.29, 0.717) is 24.9 Å². The van der Waals surface area contributed by atoms with Crippen LogP contribution in [-0.4, -0.2) is 47.8 Å². The summed E-state index contributed by atoms with van der Waals surface area (Å²) in [6.45, 7) is 3.43. The van der Waals surface area contributed by atoms with Crippen molar-refractivity contribution in [2.75, 3.05) is 26.2 Å². The Morgan fingerprint density at radius 1 is 1.58 bits per heavy atom. The van der Waals surface area contributed by atoms with E-state index in [1.807, 2.05) is 7.05 Å². The lowest BCUT2D eigenvalue weighted by molar-refractivity contribution is 0.0317. The second kappa shape index (κ2) is 7.25. The molecule has 1 aromatic heterocycles. The lowest BCUT2D eigenvalue weighted by atomic mass is 10.1. The van der Waals surface area contributed by atoms with Crippen molar-refractivity contribution in [3.8, 4) is 0 Å². The minimum absolute atomic E-state index is 0.0816. The molecule has 1 aromatic rings. The number of imidazole rings is 1. The highest BCUT2D eigenvalue weighted by Crippen LogP contribution is 2.07. The van der Waals surface area contributed by atoms with Crippen LogP contribution >= 0.6 is 0 Å². The van der Waals surface area contributed by atoms with Gasteiger partial charge in [-0.25, -0.2) is 4.98 Å². The lowest BCUT2D eigenvalue weighted by Crippen LogP contribution is -2.33. The summed E-state index contributed by atoms with van der Waals surface area (Å²) in [6, 6.07) is 0. The summed E-state index contributed by atoms with van der Waals surface area (Å²) in [7, 11) is 1.81. The van der Waals surface area contributed by atoms with E-state index in [9.17, 15) is 4.79 Å². The second-order valence-corrected chi connectivity index (χ2v) is 4.82. The van der Waals surface area contributed by atoms with E-state index in [0.717, 1.165) is 32.4 Å². The van der Waals surface area contributed by atoms with Gasteiger partial charge in [0.1, 0.15) is 5.69 Å². The number of hydrogen-bond acceptors (Lipinski definition) is 4. The van der Waals surface area contributed by atoms with Gasteiger partial charge in [0.25, 0.3) is 5.91 Å². The molecule has 0 saturated carbocycles.